The topological polar surface area (TPSA) is 67.2 Å². The molecule has 0 amide bonds. The van der Waals surface area contributed by atoms with Crippen molar-refractivity contribution in [3.63, 3.8) is 0 Å². The van der Waals surface area contributed by atoms with E-state index in [0.717, 1.165) is 6.42 Å². The Bertz CT molecular complexity index is 309. The Morgan fingerprint density at radius 2 is 2.50 bits per heavy atom. The third kappa shape index (κ3) is 2.32. The van der Waals surface area contributed by atoms with Crippen LogP contribution in [0.3, 0.4) is 0 Å². The molecule has 1 atom stereocenters. The average molecular weight is 197 g/mol. The Balaban J connectivity index is 2.78. The van der Waals surface area contributed by atoms with Crippen molar-refractivity contribution in [3.8, 4) is 0 Å². The minimum absolute atomic E-state index is 0.664. The summed E-state index contributed by atoms with van der Waals surface area (Å²) in [5.74, 6) is -0.873. The van der Waals surface area contributed by atoms with Gasteiger partial charge in [0.25, 0.3) is 0 Å². The lowest BCUT2D eigenvalue weighted by molar-refractivity contribution is -0.139. The molecule has 0 radical (unpaired) electrons. The SMILES string of the molecule is CCCNC(C(=O)O)c1cncn1C. The lowest BCUT2D eigenvalue weighted by Crippen LogP contribution is -2.30. The Morgan fingerprint density at radius 1 is 1.79 bits per heavy atom. The molecule has 0 spiro atoms. The van der Waals surface area contributed by atoms with E-state index in [4.69, 9.17) is 5.11 Å². The fourth-order valence-electron chi connectivity index (χ4n) is 1.25. The van der Waals surface area contributed by atoms with Crippen LogP contribution in [0.4, 0.5) is 0 Å². The van der Waals surface area contributed by atoms with Crippen molar-refractivity contribution < 1.29 is 9.90 Å². The van der Waals surface area contributed by atoms with Crippen LogP contribution in [0.5, 0.6) is 0 Å². The lowest BCUT2D eigenvalue weighted by Gasteiger charge is -2.13. The van der Waals surface area contributed by atoms with Crippen molar-refractivity contribution in [2.24, 2.45) is 7.05 Å². The molecule has 0 aromatic carbocycles. The van der Waals surface area contributed by atoms with Gasteiger partial charge in [0.15, 0.2) is 0 Å². The molecule has 5 heteroatoms. The molecule has 2 N–H and O–H groups in total. The van der Waals surface area contributed by atoms with E-state index in [-0.39, 0.29) is 0 Å². The van der Waals surface area contributed by atoms with E-state index >= 15 is 0 Å². The first-order chi connectivity index (χ1) is 6.66. The second-order valence-electron chi connectivity index (χ2n) is 3.15. The van der Waals surface area contributed by atoms with Crippen LogP contribution >= 0.6 is 0 Å². The van der Waals surface area contributed by atoms with Crippen LogP contribution in [-0.4, -0.2) is 27.2 Å². The molecule has 0 saturated carbocycles. The third-order valence-electron chi connectivity index (χ3n) is 2.00. The van der Waals surface area contributed by atoms with Crippen LogP contribution in [0.15, 0.2) is 12.5 Å². The molecule has 0 saturated heterocycles. The first-order valence-electron chi connectivity index (χ1n) is 4.59. The zero-order valence-electron chi connectivity index (χ0n) is 8.40. The number of carboxylic acid groups (broad SMARTS) is 1. The van der Waals surface area contributed by atoms with Gasteiger partial charge in [-0.1, -0.05) is 6.92 Å². The Morgan fingerprint density at radius 3 is 2.93 bits per heavy atom. The maximum Gasteiger partial charge on any atom is 0.326 e. The zero-order chi connectivity index (χ0) is 10.6. The number of hydrogen-bond acceptors (Lipinski definition) is 3. The zero-order valence-corrected chi connectivity index (χ0v) is 8.40. The first kappa shape index (κ1) is 10.7. The average Bonchev–Trinajstić information content (AvgIpc) is 2.52. The van der Waals surface area contributed by atoms with Gasteiger partial charge in [-0.15, -0.1) is 0 Å². The van der Waals surface area contributed by atoms with Gasteiger partial charge in [-0.05, 0) is 13.0 Å². The molecular formula is C9H15N3O2. The maximum absolute atomic E-state index is 11.0. The highest BCUT2D eigenvalue weighted by Crippen LogP contribution is 2.11. The van der Waals surface area contributed by atoms with Crippen LogP contribution in [0.2, 0.25) is 0 Å². The molecule has 78 valence electrons. The largest absolute Gasteiger partial charge is 0.480 e. The molecule has 1 aromatic rings. The van der Waals surface area contributed by atoms with E-state index in [1.807, 2.05) is 6.92 Å². The van der Waals surface area contributed by atoms with E-state index in [9.17, 15) is 4.79 Å². The third-order valence-corrected chi connectivity index (χ3v) is 2.00. The summed E-state index contributed by atoms with van der Waals surface area (Å²) in [5, 5.41) is 11.9. The standard InChI is InChI=1S/C9H15N3O2/c1-3-4-11-8(9(13)14)7-5-10-6-12(7)2/h5-6,8,11H,3-4H2,1-2H3,(H,13,14). The van der Waals surface area contributed by atoms with Crippen LogP contribution in [0.25, 0.3) is 0 Å². The Hall–Kier alpha value is -1.36. The number of nitrogens with zero attached hydrogens (tertiary/aromatic N) is 2. The Labute approximate surface area is 82.8 Å². The minimum Gasteiger partial charge on any atom is -0.480 e. The van der Waals surface area contributed by atoms with Gasteiger partial charge in [0.1, 0.15) is 6.04 Å². The van der Waals surface area contributed by atoms with Gasteiger partial charge in [-0.2, -0.15) is 0 Å². The van der Waals surface area contributed by atoms with E-state index in [1.165, 1.54) is 0 Å². The number of imidazole rings is 1. The van der Waals surface area contributed by atoms with Gasteiger partial charge in [-0.25, -0.2) is 4.98 Å². The highest BCUT2D eigenvalue weighted by molar-refractivity contribution is 5.74. The van der Waals surface area contributed by atoms with Gasteiger partial charge in [-0.3, -0.25) is 10.1 Å². The normalized spacial score (nSPS) is 12.7. The number of carboxylic acids is 1. The van der Waals surface area contributed by atoms with Crippen LogP contribution < -0.4 is 5.32 Å². The number of nitrogens with one attached hydrogen (secondary N) is 1. The molecule has 5 nitrogen and oxygen atoms in total. The first-order valence-corrected chi connectivity index (χ1v) is 4.59. The van der Waals surface area contributed by atoms with Crippen molar-refractivity contribution in [1.82, 2.24) is 14.9 Å². The summed E-state index contributed by atoms with van der Waals surface area (Å²) in [6, 6.07) is -0.664. The fourth-order valence-corrected chi connectivity index (χ4v) is 1.25. The number of aryl methyl sites for hydroxylation is 1. The summed E-state index contributed by atoms with van der Waals surface area (Å²) in [5.41, 5.74) is 0.672. The van der Waals surface area contributed by atoms with Gasteiger partial charge in [0, 0.05) is 7.05 Å². The van der Waals surface area contributed by atoms with Crippen LogP contribution in [0, 0.1) is 0 Å². The predicted octanol–water partition coefficient (Wildman–Crippen LogP) is 0.545. The van der Waals surface area contributed by atoms with E-state index < -0.39 is 12.0 Å². The summed E-state index contributed by atoms with van der Waals surface area (Å²) in [6.45, 7) is 2.68. The quantitative estimate of drug-likeness (QED) is 0.723. The van der Waals surface area contributed by atoms with Gasteiger partial charge in [0.05, 0.1) is 18.2 Å². The van der Waals surface area contributed by atoms with Crippen molar-refractivity contribution in [2.75, 3.05) is 6.54 Å². The summed E-state index contributed by atoms with van der Waals surface area (Å²) >= 11 is 0. The van der Waals surface area contributed by atoms with E-state index in [1.54, 1.807) is 24.1 Å². The van der Waals surface area contributed by atoms with Gasteiger partial charge in [0.2, 0.25) is 0 Å². The minimum atomic E-state index is -0.873. The number of rotatable bonds is 5. The van der Waals surface area contributed by atoms with Crippen molar-refractivity contribution >= 4 is 5.97 Å². The summed E-state index contributed by atoms with van der Waals surface area (Å²) in [4.78, 5) is 14.8. The van der Waals surface area contributed by atoms with Gasteiger partial charge < -0.3 is 9.67 Å². The smallest absolute Gasteiger partial charge is 0.326 e. The van der Waals surface area contributed by atoms with Crippen LogP contribution in [-0.2, 0) is 11.8 Å². The van der Waals surface area contributed by atoms with Crippen LogP contribution in [0.1, 0.15) is 25.1 Å². The molecule has 14 heavy (non-hydrogen) atoms. The monoisotopic (exact) mass is 197 g/mol. The summed E-state index contributed by atoms with van der Waals surface area (Å²) < 4.78 is 1.71. The molecule has 0 bridgehead atoms. The van der Waals surface area contributed by atoms with E-state index in [0.29, 0.717) is 12.2 Å². The number of carbonyl (C=O) groups is 1. The lowest BCUT2D eigenvalue weighted by atomic mass is 10.2. The second kappa shape index (κ2) is 4.76. The second-order valence-corrected chi connectivity index (χ2v) is 3.15. The van der Waals surface area contributed by atoms with Gasteiger partial charge >= 0.3 is 5.97 Å². The molecule has 0 fully saturated rings. The fraction of sp³-hybridized carbons (Fsp3) is 0.556. The predicted molar refractivity (Wildman–Crippen MR) is 51.9 cm³/mol. The molecule has 0 aliphatic heterocycles. The van der Waals surface area contributed by atoms with Crippen molar-refractivity contribution in [2.45, 2.75) is 19.4 Å². The molecule has 1 unspecified atom stereocenters. The molecule has 1 rings (SSSR count). The van der Waals surface area contributed by atoms with E-state index in [2.05, 4.69) is 10.3 Å². The molecule has 0 aliphatic rings. The molecule has 1 heterocycles. The molecular weight excluding hydrogens is 182 g/mol. The molecule has 1 aromatic heterocycles. The highest BCUT2D eigenvalue weighted by atomic mass is 16.4. The van der Waals surface area contributed by atoms with Crippen molar-refractivity contribution in [1.29, 1.82) is 0 Å². The summed E-state index contributed by atoms with van der Waals surface area (Å²) in [7, 11) is 1.78. The maximum atomic E-state index is 11.0. The number of aromatic nitrogens is 2. The number of hydrogen-bond donors (Lipinski definition) is 2. The molecule has 0 aliphatic carbocycles. The highest BCUT2D eigenvalue weighted by Gasteiger charge is 2.21. The Kier molecular flexibility index (Phi) is 3.64. The number of aliphatic carboxylic acids is 1. The summed E-state index contributed by atoms with van der Waals surface area (Å²) in [6.07, 6.45) is 4.07. The van der Waals surface area contributed by atoms with Crippen molar-refractivity contribution in [3.05, 3.63) is 18.2 Å².